The van der Waals surface area contributed by atoms with Crippen LogP contribution in [0.4, 0.5) is 13.2 Å². The van der Waals surface area contributed by atoms with Gasteiger partial charge in [-0.3, -0.25) is 0 Å². The summed E-state index contributed by atoms with van der Waals surface area (Å²) in [5.41, 5.74) is 0.958. The lowest BCUT2D eigenvalue weighted by Crippen LogP contribution is -2.27. The molecule has 2 aromatic rings. The van der Waals surface area contributed by atoms with Gasteiger partial charge in [-0.05, 0) is 30.9 Å². The molecule has 0 amide bonds. The molecule has 3 rings (SSSR count). The molecule has 25 heavy (non-hydrogen) atoms. The van der Waals surface area contributed by atoms with Crippen molar-refractivity contribution in [2.75, 3.05) is 13.7 Å². The lowest BCUT2D eigenvalue weighted by Gasteiger charge is -2.28. The number of aryl methyl sites for hydroxylation is 1. The van der Waals surface area contributed by atoms with E-state index in [1.807, 2.05) is 6.92 Å². The minimum Gasteiger partial charge on any atom is -0.379 e. The number of rotatable bonds is 4. The minimum absolute atomic E-state index is 0.0189. The number of hydrogen-bond donors (Lipinski definition) is 0. The van der Waals surface area contributed by atoms with Crippen molar-refractivity contribution in [1.82, 2.24) is 0 Å². The van der Waals surface area contributed by atoms with Crippen molar-refractivity contribution in [2.24, 2.45) is 0 Å². The van der Waals surface area contributed by atoms with Crippen LogP contribution in [-0.4, -0.2) is 19.8 Å². The largest absolute Gasteiger partial charge is 0.379 e. The predicted molar refractivity (Wildman–Crippen MR) is 89.9 cm³/mol. The van der Waals surface area contributed by atoms with Crippen LogP contribution in [-0.2, 0) is 15.9 Å². The van der Waals surface area contributed by atoms with E-state index >= 15 is 0 Å². The Kier molecular flexibility index (Phi) is 5.45. The highest BCUT2D eigenvalue weighted by Gasteiger charge is 2.27. The predicted octanol–water partition coefficient (Wildman–Crippen LogP) is 5.20. The first-order valence-corrected chi connectivity index (χ1v) is 8.46. The van der Waals surface area contributed by atoms with Gasteiger partial charge in [-0.15, -0.1) is 0 Å². The van der Waals surface area contributed by atoms with Gasteiger partial charge in [-0.25, -0.2) is 13.2 Å². The lowest BCUT2D eigenvalue weighted by atomic mass is 9.95. The van der Waals surface area contributed by atoms with E-state index in [9.17, 15) is 13.2 Å². The smallest absolute Gasteiger partial charge is 0.167 e. The van der Waals surface area contributed by atoms with Gasteiger partial charge in [0.1, 0.15) is 5.82 Å². The van der Waals surface area contributed by atoms with Gasteiger partial charge in [0.05, 0.1) is 18.8 Å². The molecule has 0 bridgehead atoms. The summed E-state index contributed by atoms with van der Waals surface area (Å²) in [5.74, 6) is -2.57. The monoisotopic (exact) mass is 350 g/mol. The van der Waals surface area contributed by atoms with E-state index in [0.29, 0.717) is 19.4 Å². The van der Waals surface area contributed by atoms with Crippen LogP contribution in [0.5, 0.6) is 0 Å². The maximum Gasteiger partial charge on any atom is 0.167 e. The Labute approximate surface area is 145 Å². The second-order valence-electron chi connectivity index (χ2n) is 6.26. The summed E-state index contributed by atoms with van der Waals surface area (Å²) in [5, 5.41) is 0. The van der Waals surface area contributed by atoms with E-state index in [0.717, 1.165) is 12.0 Å². The summed E-state index contributed by atoms with van der Waals surface area (Å²) >= 11 is 0. The first-order chi connectivity index (χ1) is 12.0. The fourth-order valence-electron chi connectivity index (χ4n) is 3.18. The van der Waals surface area contributed by atoms with Crippen molar-refractivity contribution in [3.63, 3.8) is 0 Å². The number of methoxy groups -OCH3 is 1. The zero-order valence-corrected chi connectivity index (χ0v) is 14.3. The molecule has 2 nitrogen and oxygen atoms in total. The van der Waals surface area contributed by atoms with Gasteiger partial charge in [-0.2, -0.15) is 0 Å². The Hall–Kier alpha value is -1.85. The van der Waals surface area contributed by atoms with Crippen LogP contribution in [0, 0.1) is 17.5 Å². The van der Waals surface area contributed by atoms with Gasteiger partial charge in [0, 0.05) is 23.8 Å². The Bertz CT molecular complexity index is 753. The van der Waals surface area contributed by atoms with Crippen molar-refractivity contribution in [3.8, 4) is 11.1 Å². The molecule has 0 radical (unpaired) electrons. The molecule has 1 fully saturated rings. The van der Waals surface area contributed by atoms with Crippen molar-refractivity contribution in [2.45, 2.75) is 38.4 Å². The molecule has 1 aliphatic rings. The molecule has 134 valence electrons. The van der Waals surface area contributed by atoms with E-state index in [1.165, 1.54) is 24.3 Å². The quantitative estimate of drug-likeness (QED) is 0.754. The van der Waals surface area contributed by atoms with Gasteiger partial charge in [0.25, 0.3) is 0 Å². The minimum atomic E-state index is -1.04. The third kappa shape index (κ3) is 3.58. The third-order valence-corrected chi connectivity index (χ3v) is 4.76. The number of ether oxygens (including phenoxy) is 2. The summed E-state index contributed by atoms with van der Waals surface area (Å²) in [6, 6.07) is 7.47. The molecular weight excluding hydrogens is 329 g/mol. The van der Waals surface area contributed by atoms with E-state index in [4.69, 9.17) is 9.47 Å². The molecule has 1 aliphatic heterocycles. The summed E-state index contributed by atoms with van der Waals surface area (Å²) in [6.07, 6.45) is 1.41. The summed E-state index contributed by atoms with van der Waals surface area (Å²) in [4.78, 5) is 0. The molecule has 0 N–H and O–H groups in total. The second kappa shape index (κ2) is 7.58. The van der Waals surface area contributed by atoms with Gasteiger partial charge in [-0.1, -0.05) is 31.2 Å². The van der Waals surface area contributed by atoms with Gasteiger partial charge in [0.2, 0.25) is 0 Å². The standard InChI is InChI=1S/C20H21F3O2/c1-3-12-4-6-14(17(21)10-12)15-7-8-16(20(23)19(15)22)18-9-5-13(24-2)11-25-18/h4,6-8,10,13,18H,3,5,9,11H2,1-2H3. The molecule has 2 aromatic carbocycles. The van der Waals surface area contributed by atoms with Crippen molar-refractivity contribution in [1.29, 1.82) is 0 Å². The summed E-state index contributed by atoms with van der Waals surface area (Å²) in [6.45, 7) is 2.25. The first kappa shape index (κ1) is 18.0. The van der Waals surface area contributed by atoms with Crippen LogP contribution in [0.1, 0.15) is 37.0 Å². The maximum atomic E-state index is 14.6. The number of hydrogen-bond acceptors (Lipinski definition) is 2. The van der Waals surface area contributed by atoms with E-state index in [2.05, 4.69) is 0 Å². The third-order valence-electron chi connectivity index (χ3n) is 4.76. The molecule has 1 heterocycles. The number of halogens is 3. The second-order valence-corrected chi connectivity index (χ2v) is 6.26. The normalized spacial score (nSPS) is 20.7. The lowest BCUT2D eigenvalue weighted by molar-refractivity contribution is -0.0736. The first-order valence-electron chi connectivity index (χ1n) is 8.46. The molecule has 2 atom stereocenters. The summed E-state index contributed by atoms with van der Waals surface area (Å²) in [7, 11) is 1.60. The topological polar surface area (TPSA) is 18.5 Å². The van der Waals surface area contributed by atoms with Crippen LogP contribution in [0.25, 0.3) is 11.1 Å². The Morgan fingerprint density at radius 1 is 1.04 bits per heavy atom. The SMILES string of the molecule is CCc1ccc(-c2ccc(C3CCC(OC)CO3)c(F)c2F)c(F)c1. The molecular formula is C20H21F3O2. The molecule has 0 spiro atoms. The molecule has 0 aliphatic carbocycles. The average molecular weight is 350 g/mol. The average Bonchev–Trinajstić information content (AvgIpc) is 2.64. The highest BCUT2D eigenvalue weighted by Crippen LogP contribution is 2.35. The highest BCUT2D eigenvalue weighted by atomic mass is 19.2. The highest BCUT2D eigenvalue weighted by molar-refractivity contribution is 5.66. The fourth-order valence-corrected chi connectivity index (χ4v) is 3.18. The van der Waals surface area contributed by atoms with Crippen molar-refractivity contribution < 1.29 is 22.6 Å². The van der Waals surface area contributed by atoms with Crippen LogP contribution in [0.3, 0.4) is 0 Å². The van der Waals surface area contributed by atoms with Crippen LogP contribution in [0.2, 0.25) is 0 Å². The molecule has 0 saturated carbocycles. The molecule has 5 heteroatoms. The van der Waals surface area contributed by atoms with E-state index in [1.54, 1.807) is 13.2 Å². The van der Waals surface area contributed by atoms with Crippen LogP contribution >= 0.6 is 0 Å². The van der Waals surface area contributed by atoms with E-state index in [-0.39, 0.29) is 22.8 Å². The zero-order chi connectivity index (χ0) is 18.0. The molecule has 2 unspecified atom stereocenters. The summed E-state index contributed by atoms with van der Waals surface area (Å²) < 4.78 is 54.2. The van der Waals surface area contributed by atoms with Crippen molar-refractivity contribution >= 4 is 0 Å². The van der Waals surface area contributed by atoms with Crippen LogP contribution < -0.4 is 0 Å². The Morgan fingerprint density at radius 3 is 2.40 bits per heavy atom. The Morgan fingerprint density at radius 2 is 1.80 bits per heavy atom. The number of benzene rings is 2. The van der Waals surface area contributed by atoms with Crippen molar-refractivity contribution in [3.05, 3.63) is 58.9 Å². The Balaban J connectivity index is 1.91. The fraction of sp³-hybridized carbons (Fsp3) is 0.400. The zero-order valence-electron chi connectivity index (χ0n) is 14.3. The molecule has 0 aromatic heterocycles. The van der Waals surface area contributed by atoms with Gasteiger partial charge >= 0.3 is 0 Å². The molecule has 1 saturated heterocycles. The van der Waals surface area contributed by atoms with Crippen LogP contribution in [0.15, 0.2) is 30.3 Å². The maximum absolute atomic E-state index is 14.6. The van der Waals surface area contributed by atoms with E-state index < -0.39 is 23.6 Å². The van der Waals surface area contributed by atoms with Gasteiger partial charge < -0.3 is 9.47 Å². The van der Waals surface area contributed by atoms with Gasteiger partial charge in [0.15, 0.2) is 11.6 Å².